The number of ether oxygens (including phenoxy) is 2. The minimum absolute atomic E-state index is 0.207. The van der Waals surface area contributed by atoms with E-state index in [1.807, 2.05) is 0 Å². The minimum atomic E-state index is -0.363. The number of benzene rings is 1. The fourth-order valence-electron chi connectivity index (χ4n) is 1.58. The largest absolute Gasteiger partial charge is 0.454 e. The lowest BCUT2D eigenvalue weighted by Crippen LogP contribution is -2.19. The molecule has 2 heterocycles. The van der Waals surface area contributed by atoms with Gasteiger partial charge in [-0.05, 0) is 12.1 Å². The van der Waals surface area contributed by atoms with Crippen molar-refractivity contribution in [2.75, 3.05) is 17.4 Å². The standard InChI is InChI=1S/C11H10N4O3/c16-11(15-10-4-12-5-13-10)14-7-1-2-8-9(3-7)18-6-17-8/h1-5H,6H2,(H,12,13)(H2,14,15,16). The van der Waals surface area contributed by atoms with Crippen molar-refractivity contribution in [3.63, 3.8) is 0 Å². The fraction of sp³-hybridized carbons (Fsp3) is 0.0909. The Balaban J connectivity index is 1.67. The maximum atomic E-state index is 11.6. The number of carbonyl (C=O) groups excluding carboxylic acids is 1. The molecule has 0 saturated carbocycles. The third-order valence-electron chi connectivity index (χ3n) is 2.38. The average molecular weight is 246 g/mol. The molecule has 2 amide bonds. The topological polar surface area (TPSA) is 88.3 Å². The highest BCUT2D eigenvalue weighted by Crippen LogP contribution is 2.34. The third kappa shape index (κ3) is 2.05. The zero-order valence-electron chi connectivity index (χ0n) is 9.27. The van der Waals surface area contributed by atoms with Crippen LogP contribution in [-0.4, -0.2) is 22.8 Å². The van der Waals surface area contributed by atoms with Crippen LogP contribution in [0.25, 0.3) is 0 Å². The Morgan fingerprint density at radius 2 is 2.17 bits per heavy atom. The van der Waals surface area contributed by atoms with Crippen LogP contribution in [0.15, 0.2) is 30.7 Å². The van der Waals surface area contributed by atoms with Crippen molar-refractivity contribution in [3.8, 4) is 11.5 Å². The number of aromatic nitrogens is 2. The zero-order chi connectivity index (χ0) is 12.4. The van der Waals surface area contributed by atoms with E-state index < -0.39 is 0 Å². The Morgan fingerprint density at radius 3 is 3.00 bits per heavy atom. The normalized spacial score (nSPS) is 12.2. The molecule has 0 unspecified atom stereocenters. The van der Waals surface area contributed by atoms with Crippen LogP contribution in [0, 0.1) is 0 Å². The Labute approximate surface area is 102 Å². The zero-order valence-corrected chi connectivity index (χ0v) is 9.27. The quantitative estimate of drug-likeness (QED) is 0.753. The molecule has 0 fully saturated rings. The van der Waals surface area contributed by atoms with Gasteiger partial charge in [0.2, 0.25) is 6.79 Å². The summed E-state index contributed by atoms with van der Waals surface area (Å²) in [5.74, 6) is 1.82. The molecule has 0 aliphatic carbocycles. The molecule has 0 saturated heterocycles. The molecule has 2 aromatic rings. The van der Waals surface area contributed by atoms with E-state index in [0.29, 0.717) is 23.0 Å². The number of amides is 2. The first-order chi connectivity index (χ1) is 8.81. The summed E-state index contributed by atoms with van der Waals surface area (Å²) in [6.45, 7) is 0.207. The number of carbonyl (C=O) groups is 1. The smallest absolute Gasteiger partial charge is 0.324 e. The second-order valence-corrected chi connectivity index (χ2v) is 3.61. The molecule has 0 radical (unpaired) electrons. The molecule has 3 N–H and O–H groups in total. The molecule has 7 nitrogen and oxygen atoms in total. The van der Waals surface area contributed by atoms with Gasteiger partial charge in [-0.1, -0.05) is 0 Å². The first kappa shape index (κ1) is 10.5. The van der Waals surface area contributed by atoms with Gasteiger partial charge in [0, 0.05) is 11.8 Å². The van der Waals surface area contributed by atoms with Crippen molar-refractivity contribution in [3.05, 3.63) is 30.7 Å². The van der Waals surface area contributed by atoms with Gasteiger partial charge in [0.15, 0.2) is 11.5 Å². The first-order valence-electron chi connectivity index (χ1n) is 5.27. The number of nitrogens with one attached hydrogen (secondary N) is 3. The highest BCUT2D eigenvalue weighted by Gasteiger charge is 2.14. The number of urea groups is 1. The molecule has 0 spiro atoms. The van der Waals surface area contributed by atoms with E-state index in [1.54, 1.807) is 18.2 Å². The van der Waals surface area contributed by atoms with E-state index >= 15 is 0 Å². The summed E-state index contributed by atoms with van der Waals surface area (Å²) in [5.41, 5.74) is 0.622. The highest BCUT2D eigenvalue weighted by atomic mass is 16.7. The number of rotatable bonds is 2. The van der Waals surface area contributed by atoms with Gasteiger partial charge in [0.05, 0.1) is 12.5 Å². The maximum Gasteiger partial charge on any atom is 0.324 e. The number of H-pyrrole nitrogens is 1. The number of hydrogen-bond donors (Lipinski definition) is 3. The van der Waals surface area contributed by atoms with E-state index in [-0.39, 0.29) is 12.8 Å². The molecular formula is C11H10N4O3. The van der Waals surface area contributed by atoms with Gasteiger partial charge < -0.3 is 19.8 Å². The van der Waals surface area contributed by atoms with E-state index in [4.69, 9.17) is 9.47 Å². The van der Waals surface area contributed by atoms with Crippen LogP contribution in [0.4, 0.5) is 16.3 Å². The van der Waals surface area contributed by atoms with Gasteiger partial charge >= 0.3 is 6.03 Å². The summed E-state index contributed by atoms with van der Waals surface area (Å²) in [4.78, 5) is 18.2. The van der Waals surface area contributed by atoms with Crippen LogP contribution in [0.2, 0.25) is 0 Å². The molecule has 1 aliphatic heterocycles. The molecule has 3 rings (SSSR count). The van der Waals surface area contributed by atoms with E-state index in [1.165, 1.54) is 12.5 Å². The molecule has 1 aromatic carbocycles. The molecule has 1 aliphatic rings. The number of anilines is 2. The maximum absolute atomic E-state index is 11.6. The van der Waals surface area contributed by atoms with E-state index in [9.17, 15) is 4.79 Å². The van der Waals surface area contributed by atoms with Crippen LogP contribution < -0.4 is 20.1 Å². The Hall–Kier alpha value is -2.70. The average Bonchev–Trinajstić information content (AvgIpc) is 2.98. The van der Waals surface area contributed by atoms with Crippen LogP contribution in [0.3, 0.4) is 0 Å². The van der Waals surface area contributed by atoms with Crippen molar-refractivity contribution in [2.24, 2.45) is 0 Å². The van der Waals surface area contributed by atoms with Crippen LogP contribution in [-0.2, 0) is 0 Å². The fourth-order valence-corrected chi connectivity index (χ4v) is 1.58. The predicted octanol–water partition coefficient (Wildman–Crippen LogP) is 1.78. The second-order valence-electron chi connectivity index (χ2n) is 3.61. The lowest BCUT2D eigenvalue weighted by atomic mass is 10.3. The lowest BCUT2D eigenvalue weighted by Gasteiger charge is -2.06. The lowest BCUT2D eigenvalue weighted by molar-refractivity contribution is 0.174. The SMILES string of the molecule is O=C(Nc1ccc2c(c1)OCO2)Nc1cnc[nH]1. The number of aromatic amines is 1. The molecule has 1 aromatic heterocycles. The third-order valence-corrected chi connectivity index (χ3v) is 2.38. The van der Waals surface area contributed by atoms with Crippen molar-refractivity contribution >= 4 is 17.5 Å². The molecule has 0 atom stereocenters. The number of nitrogens with zero attached hydrogens (tertiary/aromatic N) is 1. The summed E-state index contributed by atoms with van der Waals surface area (Å²) in [6.07, 6.45) is 3.00. The minimum Gasteiger partial charge on any atom is -0.454 e. The summed E-state index contributed by atoms with van der Waals surface area (Å²) in [5, 5.41) is 5.27. The Bertz CT molecular complexity index is 568. The van der Waals surface area contributed by atoms with Gasteiger partial charge in [-0.15, -0.1) is 0 Å². The van der Waals surface area contributed by atoms with Gasteiger partial charge in [-0.3, -0.25) is 5.32 Å². The van der Waals surface area contributed by atoms with Crippen molar-refractivity contribution in [2.45, 2.75) is 0 Å². The molecular weight excluding hydrogens is 236 g/mol. The van der Waals surface area contributed by atoms with Crippen molar-refractivity contribution in [1.29, 1.82) is 0 Å². The van der Waals surface area contributed by atoms with E-state index in [2.05, 4.69) is 20.6 Å². The predicted molar refractivity (Wildman–Crippen MR) is 63.8 cm³/mol. The summed E-state index contributed by atoms with van der Waals surface area (Å²) in [7, 11) is 0. The Kier molecular flexibility index (Phi) is 2.49. The van der Waals surface area contributed by atoms with Gasteiger partial charge in [0.25, 0.3) is 0 Å². The second kappa shape index (κ2) is 4.28. The summed E-state index contributed by atoms with van der Waals surface area (Å²) >= 11 is 0. The highest BCUT2D eigenvalue weighted by molar-refractivity contribution is 5.99. The Morgan fingerprint density at radius 1 is 1.28 bits per heavy atom. The molecule has 18 heavy (non-hydrogen) atoms. The van der Waals surface area contributed by atoms with Crippen LogP contribution >= 0.6 is 0 Å². The monoisotopic (exact) mass is 246 g/mol. The van der Waals surface area contributed by atoms with Crippen LogP contribution in [0.5, 0.6) is 11.5 Å². The van der Waals surface area contributed by atoms with Crippen molar-refractivity contribution in [1.82, 2.24) is 9.97 Å². The number of hydrogen-bond acceptors (Lipinski definition) is 4. The van der Waals surface area contributed by atoms with Crippen molar-refractivity contribution < 1.29 is 14.3 Å². The van der Waals surface area contributed by atoms with Gasteiger partial charge in [-0.25, -0.2) is 9.78 Å². The summed E-state index contributed by atoms with van der Waals surface area (Å²) < 4.78 is 10.4. The van der Waals surface area contributed by atoms with Crippen LogP contribution in [0.1, 0.15) is 0 Å². The number of fused-ring (bicyclic) bond motifs is 1. The van der Waals surface area contributed by atoms with E-state index in [0.717, 1.165) is 0 Å². The van der Waals surface area contributed by atoms with Gasteiger partial charge in [-0.2, -0.15) is 0 Å². The molecule has 0 bridgehead atoms. The van der Waals surface area contributed by atoms with Gasteiger partial charge in [0.1, 0.15) is 5.82 Å². The number of imidazole rings is 1. The molecule has 7 heteroatoms. The molecule has 92 valence electrons. The first-order valence-corrected chi connectivity index (χ1v) is 5.27. The summed E-state index contributed by atoms with van der Waals surface area (Å²) in [6, 6.07) is 4.82.